The number of rotatable bonds is 7. The molecular formula is C27H31N3O5. The SMILES string of the molecule is Cc1noc(C)c1COc1cccc(C(=O)NCc2ccc(C(=O)N3CC(C)OC(C)C3)cc2)c1. The fourth-order valence-corrected chi connectivity index (χ4v) is 4.17. The first-order valence-electron chi connectivity index (χ1n) is 11.8. The highest BCUT2D eigenvalue weighted by molar-refractivity contribution is 5.95. The van der Waals surface area contributed by atoms with Gasteiger partial charge in [0, 0.05) is 30.8 Å². The molecule has 1 fully saturated rings. The number of nitrogens with one attached hydrogen (secondary N) is 1. The number of benzene rings is 2. The highest BCUT2D eigenvalue weighted by atomic mass is 16.5. The molecule has 2 amide bonds. The predicted molar refractivity (Wildman–Crippen MR) is 130 cm³/mol. The second kappa shape index (κ2) is 10.7. The van der Waals surface area contributed by atoms with Gasteiger partial charge in [-0.3, -0.25) is 9.59 Å². The number of nitrogens with zero attached hydrogens (tertiary/aromatic N) is 2. The summed E-state index contributed by atoms with van der Waals surface area (Å²) in [5, 5.41) is 6.85. The number of morpholine rings is 1. The summed E-state index contributed by atoms with van der Waals surface area (Å²) in [4.78, 5) is 27.4. The topological polar surface area (TPSA) is 93.9 Å². The monoisotopic (exact) mass is 477 g/mol. The van der Waals surface area contributed by atoms with E-state index >= 15 is 0 Å². The van der Waals surface area contributed by atoms with E-state index in [2.05, 4.69) is 10.5 Å². The molecule has 3 aromatic rings. The molecule has 1 aliphatic rings. The molecule has 2 aromatic carbocycles. The molecule has 0 saturated carbocycles. The number of hydrogen-bond acceptors (Lipinski definition) is 6. The van der Waals surface area contributed by atoms with E-state index in [4.69, 9.17) is 14.0 Å². The van der Waals surface area contributed by atoms with Crippen molar-refractivity contribution >= 4 is 11.8 Å². The number of amides is 2. The molecule has 4 rings (SSSR count). The molecule has 35 heavy (non-hydrogen) atoms. The van der Waals surface area contributed by atoms with Crippen molar-refractivity contribution in [2.45, 2.75) is 53.1 Å². The second-order valence-corrected chi connectivity index (χ2v) is 8.97. The van der Waals surface area contributed by atoms with Crippen molar-refractivity contribution in [2.24, 2.45) is 0 Å². The van der Waals surface area contributed by atoms with Crippen LogP contribution in [-0.2, 0) is 17.9 Å². The van der Waals surface area contributed by atoms with Gasteiger partial charge in [0.25, 0.3) is 11.8 Å². The summed E-state index contributed by atoms with van der Waals surface area (Å²) >= 11 is 0. The van der Waals surface area contributed by atoms with Crippen LogP contribution in [0, 0.1) is 13.8 Å². The molecule has 8 nitrogen and oxygen atoms in total. The van der Waals surface area contributed by atoms with E-state index in [1.807, 2.05) is 44.7 Å². The zero-order valence-electron chi connectivity index (χ0n) is 20.5. The number of hydrogen-bond donors (Lipinski definition) is 1. The minimum Gasteiger partial charge on any atom is -0.489 e. The van der Waals surface area contributed by atoms with E-state index in [0.717, 1.165) is 22.6 Å². The van der Waals surface area contributed by atoms with E-state index in [9.17, 15) is 9.59 Å². The van der Waals surface area contributed by atoms with Crippen molar-refractivity contribution in [3.63, 3.8) is 0 Å². The standard InChI is InChI=1S/C27H31N3O5/c1-17-14-30(15-18(2)34-17)27(32)22-10-8-21(9-11-22)13-28-26(31)23-6-5-7-24(12-23)33-16-25-19(3)29-35-20(25)4/h5-12,17-18H,13-16H2,1-4H3,(H,28,31). The average Bonchev–Trinajstić information content (AvgIpc) is 3.17. The lowest BCUT2D eigenvalue weighted by Gasteiger charge is -2.35. The van der Waals surface area contributed by atoms with Crippen molar-refractivity contribution in [2.75, 3.05) is 13.1 Å². The van der Waals surface area contributed by atoms with Crippen LogP contribution in [0.1, 0.15) is 57.1 Å². The first-order chi connectivity index (χ1) is 16.8. The van der Waals surface area contributed by atoms with Crippen LogP contribution < -0.4 is 10.1 Å². The molecular weight excluding hydrogens is 446 g/mol. The molecule has 0 radical (unpaired) electrons. The lowest BCUT2D eigenvalue weighted by molar-refractivity contribution is -0.0586. The summed E-state index contributed by atoms with van der Waals surface area (Å²) in [6, 6.07) is 14.4. The largest absolute Gasteiger partial charge is 0.489 e. The number of aromatic nitrogens is 1. The minimum absolute atomic E-state index is 0.00371. The summed E-state index contributed by atoms with van der Waals surface area (Å²) in [5.41, 5.74) is 3.73. The Morgan fingerprint density at radius 3 is 2.43 bits per heavy atom. The molecule has 2 heterocycles. The van der Waals surface area contributed by atoms with Crippen LogP contribution in [-0.4, -0.2) is 47.2 Å². The Balaban J connectivity index is 1.31. The lowest BCUT2D eigenvalue weighted by Crippen LogP contribution is -2.48. The molecule has 0 bridgehead atoms. The number of aryl methyl sites for hydroxylation is 2. The van der Waals surface area contributed by atoms with Gasteiger partial charge in [-0.2, -0.15) is 0 Å². The van der Waals surface area contributed by atoms with Crippen LogP contribution in [0.15, 0.2) is 53.1 Å². The van der Waals surface area contributed by atoms with Crippen LogP contribution in [0.3, 0.4) is 0 Å². The van der Waals surface area contributed by atoms with E-state index in [0.29, 0.717) is 43.1 Å². The Kier molecular flexibility index (Phi) is 7.51. The van der Waals surface area contributed by atoms with Gasteiger partial charge in [-0.05, 0) is 63.6 Å². The maximum atomic E-state index is 12.8. The highest BCUT2D eigenvalue weighted by Crippen LogP contribution is 2.19. The smallest absolute Gasteiger partial charge is 0.254 e. The van der Waals surface area contributed by atoms with Crippen molar-refractivity contribution in [1.82, 2.24) is 15.4 Å². The summed E-state index contributed by atoms with van der Waals surface area (Å²) in [7, 11) is 0. The summed E-state index contributed by atoms with van der Waals surface area (Å²) < 4.78 is 16.7. The van der Waals surface area contributed by atoms with E-state index in [-0.39, 0.29) is 24.0 Å². The van der Waals surface area contributed by atoms with Crippen LogP contribution in [0.2, 0.25) is 0 Å². The quantitative estimate of drug-likeness (QED) is 0.552. The molecule has 1 N–H and O–H groups in total. The summed E-state index contributed by atoms with van der Waals surface area (Å²) in [5.74, 6) is 1.10. The molecule has 0 aliphatic carbocycles. The third kappa shape index (κ3) is 6.08. The van der Waals surface area contributed by atoms with Gasteiger partial charge in [0.15, 0.2) is 0 Å². The lowest BCUT2D eigenvalue weighted by atomic mass is 10.1. The maximum absolute atomic E-state index is 12.8. The Morgan fingerprint density at radius 1 is 1.06 bits per heavy atom. The van der Waals surface area contributed by atoms with Gasteiger partial charge in [-0.25, -0.2) is 0 Å². The molecule has 1 aromatic heterocycles. The maximum Gasteiger partial charge on any atom is 0.254 e. The van der Waals surface area contributed by atoms with Crippen molar-refractivity contribution < 1.29 is 23.6 Å². The Morgan fingerprint density at radius 2 is 1.77 bits per heavy atom. The number of carbonyl (C=O) groups excluding carboxylic acids is 2. The third-order valence-corrected chi connectivity index (χ3v) is 6.02. The molecule has 1 saturated heterocycles. The summed E-state index contributed by atoms with van der Waals surface area (Å²) in [6.07, 6.45) is 0.0500. The molecule has 2 atom stereocenters. The van der Waals surface area contributed by atoms with Crippen molar-refractivity contribution in [1.29, 1.82) is 0 Å². The van der Waals surface area contributed by atoms with Crippen LogP contribution in [0.25, 0.3) is 0 Å². The van der Waals surface area contributed by atoms with E-state index in [1.165, 1.54) is 0 Å². The van der Waals surface area contributed by atoms with E-state index < -0.39 is 0 Å². The van der Waals surface area contributed by atoms with Gasteiger partial charge in [0.1, 0.15) is 18.1 Å². The zero-order chi connectivity index (χ0) is 24.9. The van der Waals surface area contributed by atoms with E-state index in [1.54, 1.807) is 36.4 Å². The Labute approximate surface area is 205 Å². The number of carbonyl (C=O) groups is 2. The van der Waals surface area contributed by atoms with Crippen LogP contribution in [0.5, 0.6) is 5.75 Å². The fraction of sp³-hybridized carbons (Fsp3) is 0.370. The Bertz CT molecular complexity index is 1160. The molecule has 0 spiro atoms. The molecule has 1 aliphatic heterocycles. The zero-order valence-corrected chi connectivity index (χ0v) is 20.5. The third-order valence-electron chi connectivity index (χ3n) is 6.02. The fourth-order valence-electron chi connectivity index (χ4n) is 4.17. The van der Waals surface area contributed by atoms with Gasteiger partial charge in [-0.1, -0.05) is 23.4 Å². The van der Waals surface area contributed by atoms with Gasteiger partial charge in [-0.15, -0.1) is 0 Å². The molecule has 8 heteroatoms. The average molecular weight is 478 g/mol. The highest BCUT2D eigenvalue weighted by Gasteiger charge is 2.26. The first kappa shape index (κ1) is 24.5. The van der Waals surface area contributed by atoms with Crippen molar-refractivity contribution in [3.05, 3.63) is 82.2 Å². The van der Waals surface area contributed by atoms with Gasteiger partial charge in [0.2, 0.25) is 0 Å². The van der Waals surface area contributed by atoms with Gasteiger partial charge >= 0.3 is 0 Å². The second-order valence-electron chi connectivity index (χ2n) is 8.97. The predicted octanol–water partition coefficient (Wildman–Crippen LogP) is 4.05. The Hall–Kier alpha value is -3.65. The van der Waals surface area contributed by atoms with Gasteiger partial charge in [0.05, 0.1) is 23.5 Å². The number of ether oxygens (including phenoxy) is 2. The first-order valence-corrected chi connectivity index (χ1v) is 11.8. The van der Waals surface area contributed by atoms with Gasteiger partial charge < -0.3 is 24.2 Å². The summed E-state index contributed by atoms with van der Waals surface area (Å²) in [6.45, 7) is 9.50. The van der Waals surface area contributed by atoms with Crippen LogP contribution in [0.4, 0.5) is 0 Å². The molecule has 2 unspecified atom stereocenters. The molecule has 184 valence electrons. The normalized spacial score (nSPS) is 17.8. The van der Waals surface area contributed by atoms with Crippen molar-refractivity contribution in [3.8, 4) is 5.75 Å². The minimum atomic E-state index is -0.204. The van der Waals surface area contributed by atoms with Crippen LogP contribution >= 0.6 is 0 Å².